The molecule has 2 N–H and O–H groups in total. The number of nitrogens with one attached hydrogen (secondary N) is 2. The molecular weight excluding hydrogens is 300 g/mol. The molecule has 1 unspecified atom stereocenters. The topological polar surface area (TPSA) is 46.1 Å². The van der Waals surface area contributed by atoms with Crippen LogP contribution in [0.4, 0.5) is 0 Å². The van der Waals surface area contributed by atoms with Crippen molar-refractivity contribution in [3.05, 3.63) is 0 Å². The van der Waals surface area contributed by atoms with E-state index in [1.807, 2.05) is 0 Å². The molecule has 0 aromatic heterocycles. The number of likely N-dealkylation sites (tertiary alicyclic amines) is 1. The summed E-state index contributed by atoms with van der Waals surface area (Å²) in [6.07, 6.45) is 3.72. The molecule has 24 heavy (non-hydrogen) atoms. The van der Waals surface area contributed by atoms with E-state index in [0.717, 1.165) is 19.0 Å². The molecule has 0 aliphatic carbocycles. The largest absolute Gasteiger partial charge is 0.357 e. The summed E-state index contributed by atoms with van der Waals surface area (Å²) in [7, 11) is 0. The number of piperidine rings is 1. The zero-order valence-electron chi connectivity index (χ0n) is 15.6. The Morgan fingerprint density at radius 3 is 2.38 bits per heavy atom. The summed E-state index contributed by atoms with van der Waals surface area (Å²) in [5, 5.41) is 7.13. The Bertz CT molecular complexity index is 396. The van der Waals surface area contributed by atoms with Crippen LogP contribution >= 0.6 is 0 Å². The fraction of sp³-hybridized carbons (Fsp3) is 0.944. The molecule has 4 fully saturated rings. The maximum Gasteiger partial charge on any atom is 0.191 e. The van der Waals surface area contributed by atoms with Gasteiger partial charge in [-0.2, -0.15) is 0 Å². The minimum absolute atomic E-state index is 0.572. The first kappa shape index (κ1) is 18.0. The highest BCUT2D eigenvalue weighted by atomic mass is 15.3. The van der Waals surface area contributed by atoms with E-state index in [0.29, 0.717) is 12.1 Å². The van der Waals surface area contributed by atoms with E-state index in [4.69, 9.17) is 4.99 Å². The van der Waals surface area contributed by atoms with Crippen LogP contribution in [0.1, 0.15) is 33.1 Å². The van der Waals surface area contributed by atoms with Gasteiger partial charge < -0.3 is 15.5 Å². The molecule has 0 amide bonds. The fourth-order valence-electron chi connectivity index (χ4n) is 4.22. The molecule has 138 valence electrons. The molecular formula is C18H36N6. The lowest BCUT2D eigenvalue weighted by Gasteiger charge is -2.47. The van der Waals surface area contributed by atoms with Gasteiger partial charge in [0, 0.05) is 64.4 Å². The Labute approximate surface area is 147 Å². The van der Waals surface area contributed by atoms with E-state index in [9.17, 15) is 0 Å². The maximum atomic E-state index is 4.92. The van der Waals surface area contributed by atoms with Gasteiger partial charge in [-0.15, -0.1) is 0 Å². The van der Waals surface area contributed by atoms with E-state index >= 15 is 0 Å². The first-order chi connectivity index (χ1) is 11.8. The standard InChI is InChI=1S/C18H36N6/c1-3-7-22-8-5-16(6-9-22)21-18(19-4-2)20-14-17-15-23-10-12-24(17)13-11-23/h16-17H,3-15H2,1-2H3,(H2,19,20,21). The number of nitrogens with zero attached hydrogens (tertiary/aromatic N) is 4. The molecule has 6 heteroatoms. The fourth-order valence-corrected chi connectivity index (χ4v) is 4.22. The van der Waals surface area contributed by atoms with E-state index in [1.165, 1.54) is 71.6 Å². The van der Waals surface area contributed by atoms with Gasteiger partial charge in [0.05, 0.1) is 6.54 Å². The minimum atomic E-state index is 0.572. The van der Waals surface area contributed by atoms with Gasteiger partial charge >= 0.3 is 0 Å². The predicted molar refractivity (Wildman–Crippen MR) is 101 cm³/mol. The lowest BCUT2D eigenvalue weighted by molar-refractivity contribution is 0.0174. The molecule has 4 aliphatic rings. The highest BCUT2D eigenvalue weighted by molar-refractivity contribution is 5.80. The van der Waals surface area contributed by atoms with E-state index in [2.05, 4.69) is 39.2 Å². The number of rotatable bonds is 6. The normalized spacial score (nSPS) is 32.1. The summed E-state index contributed by atoms with van der Waals surface area (Å²) in [5.74, 6) is 1.02. The summed E-state index contributed by atoms with van der Waals surface area (Å²) in [6, 6.07) is 1.18. The van der Waals surface area contributed by atoms with Gasteiger partial charge in [0.15, 0.2) is 5.96 Å². The van der Waals surface area contributed by atoms with Crippen LogP contribution in [-0.4, -0.2) is 98.2 Å². The summed E-state index contributed by atoms with van der Waals surface area (Å²) in [6.45, 7) is 16.1. The van der Waals surface area contributed by atoms with Gasteiger partial charge in [0.1, 0.15) is 0 Å². The van der Waals surface area contributed by atoms with Crippen LogP contribution < -0.4 is 10.6 Å². The lowest BCUT2D eigenvalue weighted by Crippen LogP contribution is -2.62. The van der Waals surface area contributed by atoms with Gasteiger partial charge in [0.2, 0.25) is 0 Å². The quantitative estimate of drug-likeness (QED) is 0.544. The molecule has 0 aromatic rings. The lowest BCUT2D eigenvalue weighted by atomic mass is 10.1. The summed E-state index contributed by atoms with van der Waals surface area (Å²) < 4.78 is 0. The van der Waals surface area contributed by atoms with Crippen molar-refractivity contribution in [2.24, 2.45) is 4.99 Å². The Kier molecular flexibility index (Phi) is 6.75. The van der Waals surface area contributed by atoms with Gasteiger partial charge in [-0.1, -0.05) is 6.92 Å². The van der Waals surface area contributed by atoms with Crippen LogP contribution in [-0.2, 0) is 0 Å². The van der Waals surface area contributed by atoms with Gasteiger partial charge in [-0.3, -0.25) is 14.8 Å². The first-order valence-electron chi connectivity index (χ1n) is 10.0. The van der Waals surface area contributed by atoms with Gasteiger partial charge in [0.25, 0.3) is 0 Å². The Hall–Kier alpha value is -0.850. The monoisotopic (exact) mass is 336 g/mol. The number of hydrogen-bond donors (Lipinski definition) is 2. The van der Waals surface area contributed by atoms with Crippen LogP contribution in [0.25, 0.3) is 0 Å². The average molecular weight is 337 g/mol. The molecule has 0 spiro atoms. The number of aliphatic imine (C=N–C) groups is 1. The molecule has 4 saturated heterocycles. The third-order valence-corrected chi connectivity index (χ3v) is 5.66. The molecule has 2 bridgehead atoms. The van der Waals surface area contributed by atoms with Crippen molar-refractivity contribution in [3.8, 4) is 0 Å². The Morgan fingerprint density at radius 1 is 1.04 bits per heavy atom. The van der Waals surface area contributed by atoms with Crippen molar-refractivity contribution in [2.75, 3.05) is 65.4 Å². The molecule has 6 nitrogen and oxygen atoms in total. The zero-order valence-corrected chi connectivity index (χ0v) is 15.6. The summed E-state index contributed by atoms with van der Waals surface area (Å²) >= 11 is 0. The predicted octanol–water partition coefficient (Wildman–Crippen LogP) is 0.416. The van der Waals surface area contributed by atoms with Crippen LogP contribution in [0.5, 0.6) is 0 Å². The molecule has 1 atom stereocenters. The molecule has 4 heterocycles. The number of hydrogen-bond acceptors (Lipinski definition) is 4. The second-order valence-electron chi connectivity index (χ2n) is 7.47. The molecule has 4 rings (SSSR count). The molecule has 0 aromatic carbocycles. The number of fused-ring (bicyclic) bond motifs is 3. The zero-order chi connectivity index (χ0) is 16.8. The van der Waals surface area contributed by atoms with E-state index in [1.54, 1.807) is 0 Å². The second-order valence-corrected chi connectivity index (χ2v) is 7.47. The van der Waals surface area contributed by atoms with Crippen LogP contribution in [0.2, 0.25) is 0 Å². The highest BCUT2D eigenvalue weighted by Crippen LogP contribution is 2.16. The van der Waals surface area contributed by atoms with Crippen molar-refractivity contribution in [2.45, 2.75) is 45.2 Å². The Morgan fingerprint density at radius 2 is 1.79 bits per heavy atom. The van der Waals surface area contributed by atoms with Crippen molar-refractivity contribution >= 4 is 5.96 Å². The average Bonchev–Trinajstić information content (AvgIpc) is 2.63. The van der Waals surface area contributed by atoms with E-state index in [-0.39, 0.29) is 0 Å². The third kappa shape index (κ3) is 4.83. The summed E-state index contributed by atoms with van der Waals surface area (Å²) in [4.78, 5) is 12.7. The van der Waals surface area contributed by atoms with Crippen LogP contribution in [0.15, 0.2) is 4.99 Å². The summed E-state index contributed by atoms with van der Waals surface area (Å²) in [5.41, 5.74) is 0. The van der Waals surface area contributed by atoms with E-state index < -0.39 is 0 Å². The second kappa shape index (κ2) is 9.02. The molecule has 4 aliphatic heterocycles. The van der Waals surface area contributed by atoms with Crippen molar-refractivity contribution in [1.29, 1.82) is 0 Å². The number of piperazine rings is 3. The third-order valence-electron chi connectivity index (χ3n) is 5.66. The Balaban J connectivity index is 1.47. The molecule has 0 radical (unpaired) electrons. The van der Waals surface area contributed by atoms with Crippen molar-refractivity contribution in [1.82, 2.24) is 25.3 Å². The van der Waals surface area contributed by atoms with Gasteiger partial charge in [-0.25, -0.2) is 0 Å². The smallest absolute Gasteiger partial charge is 0.191 e. The SMILES string of the molecule is CCCN1CCC(NC(=NCC2CN3CCN2CC3)NCC)CC1. The van der Waals surface area contributed by atoms with Crippen molar-refractivity contribution in [3.63, 3.8) is 0 Å². The van der Waals surface area contributed by atoms with Crippen molar-refractivity contribution < 1.29 is 0 Å². The maximum absolute atomic E-state index is 4.92. The highest BCUT2D eigenvalue weighted by Gasteiger charge is 2.31. The van der Waals surface area contributed by atoms with Gasteiger partial charge in [-0.05, 0) is 32.7 Å². The van der Waals surface area contributed by atoms with Crippen LogP contribution in [0, 0.1) is 0 Å². The first-order valence-corrected chi connectivity index (χ1v) is 10.0. The molecule has 0 saturated carbocycles. The van der Waals surface area contributed by atoms with Crippen LogP contribution in [0.3, 0.4) is 0 Å². The minimum Gasteiger partial charge on any atom is -0.357 e. The number of guanidine groups is 1.